The second-order valence-electron chi connectivity index (χ2n) is 13.1. The predicted molar refractivity (Wildman–Crippen MR) is 178 cm³/mol. The van der Waals surface area contributed by atoms with Gasteiger partial charge in [0, 0.05) is 47.9 Å². The minimum atomic E-state index is -0.668. The molecule has 3 fully saturated rings. The molecule has 1 aromatic heterocycles. The van der Waals surface area contributed by atoms with Gasteiger partial charge in [-0.25, -0.2) is 13.2 Å². The van der Waals surface area contributed by atoms with Crippen molar-refractivity contribution >= 4 is 27.5 Å². The lowest BCUT2D eigenvalue weighted by Gasteiger charge is -2.41. The number of piperidine rings is 1. The van der Waals surface area contributed by atoms with E-state index in [2.05, 4.69) is 32.6 Å². The zero-order valence-corrected chi connectivity index (χ0v) is 27.0. The summed E-state index contributed by atoms with van der Waals surface area (Å²) in [5.41, 5.74) is 0.383. The van der Waals surface area contributed by atoms with Gasteiger partial charge in [-0.15, -0.1) is 6.42 Å². The van der Waals surface area contributed by atoms with Gasteiger partial charge in [-0.3, -0.25) is 4.90 Å². The number of phenols is 1. The number of phenolic OH excluding ortho intramolecular Hbond substituents is 1. The second-order valence-corrected chi connectivity index (χ2v) is 13.1. The third-order valence-electron chi connectivity index (χ3n) is 9.88. The molecule has 0 saturated carbocycles. The van der Waals surface area contributed by atoms with Crippen LogP contribution in [-0.4, -0.2) is 76.7 Å². The fourth-order valence-electron chi connectivity index (χ4n) is 7.66. The van der Waals surface area contributed by atoms with Crippen LogP contribution in [0, 0.1) is 35.8 Å². The number of ether oxygens (including phenoxy) is 1. The molecule has 248 valence electrons. The van der Waals surface area contributed by atoms with Crippen molar-refractivity contribution in [2.45, 2.75) is 64.3 Å². The Morgan fingerprint density at radius 3 is 2.62 bits per heavy atom. The molecule has 4 heterocycles. The number of aliphatic hydroxyl groups is 1. The average Bonchev–Trinajstić information content (AvgIpc) is 3.64. The molecule has 7 rings (SSSR count). The Kier molecular flexibility index (Phi) is 9.49. The predicted octanol–water partition coefficient (Wildman–Crippen LogP) is 6.85. The fraction of sp³-hybridized carbons (Fsp3) is 0.459. The van der Waals surface area contributed by atoms with Crippen molar-refractivity contribution < 1.29 is 28.1 Å². The summed E-state index contributed by atoms with van der Waals surface area (Å²) >= 11 is 0. The van der Waals surface area contributed by atoms with Crippen LogP contribution in [0.15, 0.2) is 36.4 Å². The highest BCUT2D eigenvalue weighted by atomic mass is 19.1. The highest BCUT2D eigenvalue weighted by molar-refractivity contribution is 6.04. The average molecular weight is 647 g/mol. The molecule has 0 aliphatic carbocycles. The van der Waals surface area contributed by atoms with E-state index in [-0.39, 0.29) is 45.8 Å². The van der Waals surface area contributed by atoms with Crippen LogP contribution < -0.4 is 9.64 Å². The van der Waals surface area contributed by atoms with E-state index in [9.17, 15) is 19.0 Å². The molecule has 5 atom stereocenters. The number of terminal acetylenes is 1. The SMILES string of the molecule is C#Cc1c(F)ccc2cc(O)cc(-c3ccc4c(N5CC(C)C(O)C(CCC)C5)nc(OC)nc4c3F)c12.FC1CC2CCCN2C1. The van der Waals surface area contributed by atoms with Crippen LogP contribution in [-0.2, 0) is 0 Å². The third-order valence-corrected chi connectivity index (χ3v) is 9.88. The molecule has 0 amide bonds. The van der Waals surface area contributed by atoms with E-state index in [1.54, 1.807) is 12.1 Å². The first kappa shape index (κ1) is 32.9. The van der Waals surface area contributed by atoms with Gasteiger partial charge in [0.15, 0.2) is 5.82 Å². The van der Waals surface area contributed by atoms with E-state index >= 15 is 4.39 Å². The number of nitrogens with zero attached hydrogens (tertiary/aromatic N) is 4. The van der Waals surface area contributed by atoms with E-state index in [1.165, 1.54) is 44.2 Å². The molecule has 0 bridgehead atoms. The quantitative estimate of drug-likeness (QED) is 0.230. The monoisotopic (exact) mass is 646 g/mol. The Morgan fingerprint density at radius 2 is 1.89 bits per heavy atom. The van der Waals surface area contributed by atoms with Crippen LogP contribution in [0.1, 0.15) is 51.5 Å². The molecule has 0 spiro atoms. The molecule has 0 radical (unpaired) electrons. The van der Waals surface area contributed by atoms with E-state index in [1.807, 2.05) is 6.92 Å². The molecule has 3 aromatic carbocycles. The summed E-state index contributed by atoms with van der Waals surface area (Å²) in [4.78, 5) is 13.2. The molecule has 4 aromatic rings. The van der Waals surface area contributed by atoms with Crippen LogP contribution in [0.5, 0.6) is 11.8 Å². The Labute approximate surface area is 273 Å². The topological polar surface area (TPSA) is 82.0 Å². The first-order valence-electron chi connectivity index (χ1n) is 16.4. The van der Waals surface area contributed by atoms with Gasteiger partial charge in [-0.05, 0) is 73.4 Å². The summed E-state index contributed by atoms with van der Waals surface area (Å²) in [5, 5.41) is 22.4. The van der Waals surface area contributed by atoms with Crippen LogP contribution in [0.2, 0.25) is 0 Å². The van der Waals surface area contributed by atoms with Gasteiger partial charge in [0.05, 0.1) is 18.8 Å². The molecule has 7 nitrogen and oxygen atoms in total. The first-order chi connectivity index (χ1) is 22.6. The second kappa shape index (κ2) is 13.6. The molecule has 10 heteroatoms. The minimum Gasteiger partial charge on any atom is -0.508 e. The van der Waals surface area contributed by atoms with E-state index in [4.69, 9.17) is 11.2 Å². The Morgan fingerprint density at radius 1 is 1.09 bits per heavy atom. The smallest absolute Gasteiger partial charge is 0.318 e. The van der Waals surface area contributed by atoms with Crippen LogP contribution >= 0.6 is 0 Å². The van der Waals surface area contributed by atoms with Gasteiger partial charge in [-0.2, -0.15) is 9.97 Å². The van der Waals surface area contributed by atoms with Gasteiger partial charge >= 0.3 is 6.01 Å². The highest BCUT2D eigenvalue weighted by Gasteiger charge is 2.35. The van der Waals surface area contributed by atoms with Crippen molar-refractivity contribution in [2.24, 2.45) is 11.8 Å². The Hall–Kier alpha value is -4.07. The third kappa shape index (κ3) is 6.31. The normalized spacial score (nSPS) is 24.2. The molecule has 3 aliphatic rings. The lowest BCUT2D eigenvalue weighted by molar-refractivity contribution is 0.0407. The van der Waals surface area contributed by atoms with Crippen molar-refractivity contribution in [1.82, 2.24) is 14.9 Å². The number of fused-ring (bicyclic) bond motifs is 3. The number of rotatable bonds is 5. The number of aromatic hydroxyl groups is 1. The lowest BCUT2D eigenvalue weighted by atomic mass is 9.84. The van der Waals surface area contributed by atoms with Gasteiger partial charge in [-0.1, -0.05) is 38.3 Å². The maximum atomic E-state index is 16.3. The Bertz CT molecular complexity index is 1820. The maximum Gasteiger partial charge on any atom is 0.318 e. The molecule has 3 aliphatic heterocycles. The van der Waals surface area contributed by atoms with Crippen molar-refractivity contribution in [3.8, 4) is 35.2 Å². The number of halogens is 3. The van der Waals surface area contributed by atoms with Gasteiger partial charge < -0.3 is 19.8 Å². The Balaban J connectivity index is 0.000000366. The number of anilines is 1. The van der Waals surface area contributed by atoms with Gasteiger partial charge in [0.25, 0.3) is 0 Å². The minimum absolute atomic E-state index is 0.00355. The zero-order valence-electron chi connectivity index (χ0n) is 27.0. The molecule has 3 saturated heterocycles. The number of methoxy groups -OCH3 is 1. The van der Waals surface area contributed by atoms with Crippen LogP contribution in [0.4, 0.5) is 19.0 Å². The van der Waals surface area contributed by atoms with Crippen molar-refractivity contribution in [3.05, 3.63) is 53.6 Å². The van der Waals surface area contributed by atoms with E-state index in [0.717, 1.165) is 25.8 Å². The zero-order chi connectivity index (χ0) is 33.4. The summed E-state index contributed by atoms with van der Waals surface area (Å²) in [7, 11) is 1.42. The largest absolute Gasteiger partial charge is 0.508 e. The first-order valence-corrected chi connectivity index (χ1v) is 16.4. The maximum absolute atomic E-state index is 16.3. The van der Waals surface area contributed by atoms with Crippen molar-refractivity contribution in [2.75, 3.05) is 38.2 Å². The van der Waals surface area contributed by atoms with Gasteiger partial charge in [0.1, 0.15) is 29.1 Å². The summed E-state index contributed by atoms with van der Waals surface area (Å²) in [6.07, 6.45) is 9.81. The number of hydrogen-bond donors (Lipinski definition) is 2. The summed E-state index contributed by atoms with van der Waals surface area (Å²) in [6, 6.07) is 9.46. The number of aliphatic hydroxyl groups excluding tert-OH is 1. The van der Waals surface area contributed by atoms with E-state index in [0.29, 0.717) is 47.7 Å². The number of benzene rings is 3. The van der Waals surface area contributed by atoms with Crippen molar-refractivity contribution in [1.29, 1.82) is 0 Å². The summed E-state index contributed by atoms with van der Waals surface area (Å²) in [6.45, 7) is 7.05. The molecule has 5 unspecified atom stereocenters. The van der Waals surface area contributed by atoms with Crippen molar-refractivity contribution in [3.63, 3.8) is 0 Å². The summed E-state index contributed by atoms with van der Waals surface area (Å²) < 4.78 is 48.9. The standard InChI is InChI=1S/C30H29F2N3O3.C7H12FN/c1-5-7-18-15-35(14-16(3)28(18)37)29-22-10-9-21(26(32)27(22)33-30(34-29)38-4)23-13-19(36)12-17-8-11-24(31)20(6-2)25(17)23;8-6-4-7-2-1-3-9(7)5-6/h2,8-13,16,18,28,36-37H,5,7,14-15H2,1,3-4H3;6-7H,1-5H2. The number of alkyl halides is 1. The molecule has 2 N–H and O–H groups in total. The molecular weight excluding hydrogens is 605 g/mol. The van der Waals surface area contributed by atoms with Crippen LogP contribution in [0.3, 0.4) is 0 Å². The number of hydrogen-bond acceptors (Lipinski definition) is 7. The molecule has 47 heavy (non-hydrogen) atoms. The highest BCUT2D eigenvalue weighted by Crippen LogP contribution is 2.41. The number of aromatic nitrogens is 2. The van der Waals surface area contributed by atoms with Gasteiger partial charge in [0.2, 0.25) is 0 Å². The summed E-state index contributed by atoms with van der Waals surface area (Å²) in [5.74, 6) is 1.56. The lowest BCUT2D eigenvalue weighted by Crippen LogP contribution is -2.48. The fourth-order valence-corrected chi connectivity index (χ4v) is 7.66. The van der Waals surface area contributed by atoms with E-state index < -0.39 is 23.9 Å². The molecular formula is C37H41F3N4O3. The van der Waals surface area contributed by atoms with Crippen LogP contribution in [0.25, 0.3) is 32.8 Å².